The smallest absolute Gasteiger partial charge is 0.406 e. The van der Waals surface area contributed by atoms with Gasteiger partial charge in [0, 0.05) is 19.1 Å². The zero-order valence-electron chi connectivity index (χ0n) is 14.3. The Morgan fingerprint density at radius 2 is 1.93 bits per heavy atom. The molecule has 1 amide bonds. The number of ether oxygens (including phenoxy) is 2. The first-order chi connectivity index (χ1) is 12.9. The van der Waals surface area contributed by atoms with Gasteiger partial charge < -0.3 is 19.3 Å². The number of hydrogen-bond donors (Lipinski definition) is 1. The number of aromatic nitrogens is 2. The Morgan fingerprint density at radius 1 is 1.22 bits per heavy atom. The monoisotopic (exact) mass is 385 g/mol. The molecular formula is C17H18F3N3O4. The van der Waals surface area contributed by atoms with Crippen molar-refractivity contribution in [3.05, 3.63) is 41.5 Å². The molecule has 0 unspecified atom stereocenters. The van der Waals surface area contributed by atoms with Crippen LogP contribution in [-0.4, -0.2) is 35.6 Å². The van der Waals surface area contributed by atoms with E-state index in [0.29, 0.717) is 30.5 Å². The lowest BCUT2D eigenvalue weighted by Gasteiger charge is -2.18. The Balaban J connectivity index is 1.46. The van der Waals surface area contributed by atoms with Crippen LogP contribution in [0.25, 0.3) is 0 Å². The Bertz CT molecular complexity index is 756. The average molecular weight is 385 g/mol. The maximum Gasteiger partial charge on any atom is 0.573 e. The quantitative estimate of drug-likeness (QED) is 0.823. The molecule has 0 bridgehead atoms. The minimum absolute atomic E-state index is 0.00720. The van der Waals surface area contributed by atoms with E-state index in [1.165, 1.54) is 12.1 Å². The second-order valence-corrected chi connectivity index (χ2v) is 6.08. The van der Waals surface area contributed by atoms with Gasteiger partial charge in [0.05, 0.1) is 13.0 Å². The lowest BCUT2D eigenvalue weighted by atomic mass is 10.00. The van der Waals surface area contributed by atoms with E-state index < -0.39 is 6.36 Å². The van der Waals surface area contributed by atoms with Crippen molar-refractivity contribution in [1.29, 1.82) is 0 Å². The third-order valence-electron chi connectivity index (χ3n) is 4.03. The van der Waals surface area contributed by atoms with Crippen LogP contribution in [0.2, 0.25) is 0 Å². The van der Waals surface area contributed by atoms with Crippen molar-refractivity contribution in [2.45, 2.75) is 38.1 Å². The van der Waals surface area contributed by atoms with E-state index in [4.69, 9.17) is 9.26 Å². The van der Waals surface area contributed by atoms with Gasteiger partial charge in [-0.1, -0.05) is 17.3 Å². The molecule has 1 aromatic heterocycles. The van der Waals surface area contributed by atoms with Gasteiger partial charge in [-0.05, 0) is 30.5 Å². The van der Waals surface area contributed by atoms with Crippen LogP contribution in [0.5, 0.6) is 5.75 Å². The number of benzene rings is 1. The van der Waals surface area contributed by atoms with E-state index in [1.54, 1.807) is 0 Å². The van der Waals surface area contributed by atoms with Crippen molar-refractivity contribution in [2.75, 3.05) is 13.2 Å². The van der Waals surface area contributed by atoms with E-state index in [0.717, 1.165) is 25.0 Å². The Kier molecular flexibility index (Phi) is 5.94. The van der Waals surface area contributed by atoms with E-state index in [2.05, 4.69) is 20.2 Å². The Morgan fingerprint density at radius 3 is 2.59 bits per heavy atom. The van der Waals surface area contributed by atoms with E-state index >= 15 is 0 Å². The third-order valence-corrected chi connectivity index (χ3v) is 4.03. The SMILES string of the molecule is O=C(Cc1ccc(OC(F)(F)F)cc1)NCc1nc(C2CCOCC2)no1. The molecule has 7 nitrogen and oxygen atoms in total. The maximum atomic E-state index is 12.1. The topological polar surface area (TPSA) is 86.5 Å². The summed E-state index contributed by atoms with van der Waals surface area (Å²) in [6, 6.07) is 5.12. The number of halogens is 3. The maximum absolute atomic E-state index is 12.1. The van der Waals surface area contributed by atoms with Gasteiger partial charge >= 0.3 is 6.36 Å². The fourth-order valence-corrected chi connectivity index (χ4v) is 2.69. The minimum Gasteiger partial charge on any atom is -0.406 e. The van der Waals surface area contributed by atoms with Gasteiger partial charge in [0.1, 0.15) is 5.75 Å². The van der Waals surface area contributed by atoms with E-state index in [9.17, 15) is 18.0 Å². The molecule has 3 rings (SSSR count). The number of alkyl halides is 3. The molecule has 0 saturated carbocycles. The molecule has 0 atom stereocenters. The van der Waals surface area contributed by atoms with Gasteiger partial charge in [-0.2, -0.15) is 4.98 Å². The summed E-state index contributed by atoms with van der Waals surface area (Å²) in [5.41, 5.74) is 0.551. The molecular weight excluding hydrogens is 367 g/mol. The van der Waals surface area contributed by atoms with Crippen molar-refractivity contribution >= 4 is 5.91 Å². The summed E-state index contributed by atoms with van der Waals surface area (Å²) in [6.45, 7) is 1.42. The molecule has 2 aromatic rings. The summed E-state index contributed by atoms with van der Waals surface area (Å²) in [4.78, 5) is 16.3. The van der Waals surface area contributed by atoms with E-state index in [1.807, 2.05) is 0 Å². The lowest BCUT2D eigenvalue weighted by molar-refractivity contribution is -0.274. The first kappa shape index (κ1) is 19.2. The van der Waals surface area contributed by atoms with Gasteiger partial charge in [0.15, 0.2) is 5.82 Å². The first-order valence-electron chi connectivity index (χ1n) is 8.40. The molecule has 1 saturated heterocycles. The molecule has 1 N–H and O–H groups in total. The highest BCUT2D eigenvalue weighted by Gasteiger charge is 2.31. The highest BCUT2D eigenvalue weighted by atomic mass is 19.4. The standard InChI is InChI=1S/C17H18F3N3O4/c18-17(19,20)26-13-3-1-11(2-4-13)9-14(24)21-10-15-22-16(23-27-15)12-5-7-25-8-6-12/h1-4,12H,5-10H2,(H,21,24). The molecule has 2 heterocycles. The molecule has 146 valence electrons. The number of rotatable bonds is 6. The summed E-state index contributed by atoms with van der Waals surface area (Å²) < 4.78 is 50.6. The van der Waals surface area contributed by atoms with Crippen molar-refractivity contribution in [2.24, 2.45) is 0 Å². The summed E-state index contributed by atoms with van der Waals surface area (Å²) in [7, 11) is 0. The normalized spacial score (nSPS) is 15.5. The fourth-order valence-electron chi connectivity index (χ4n) is 2.69. The molecule has 0 radical (unpaired) electrons. The number of carbonyl (C=O) groups excluding carboxylic acids is 1. The van der Waals surface area contributed by atoms with Gasteiger partial charge in [-0.3, -0.25) is 4.79 Å². The third kappa shape index (κ3) is 5.95. The molecule has 10 heteroatoms. The number of nitrogens with one attached hydrogen (secondary N) is 1. The van der Waals surface area contributed by atoms with Crippen LogP contribution in [0, 0.1) is 0 Å². The number of nitrogens with zero attached hydrogens (tertiary/aromatic N) is 2. The van der Waals surface area contributed by atoms with E-state index in [-0.39, 0.29) is 30.5 Å². The zero-order chi connectivity index (χ0) is 19.3. The van der Waals surface area contributed by atoms with Crippen LogP contribution in [0.15, 0.2) is 28.8 Å². The number of carbonyl (C=O) groups is 1. The summed E-state index contributed by atoms with van der Waals surface area (Å²) in [5.74, 6) is 0.467. The molecule has 1 aliphatic rings. The van der Waals surface area contributed by atoms with Crippen molar-refractivity contribution in [3.63, 3.8) is 0 Å². The van der Waals surface area contributed by atoms with Crippen LogP contribution in [0.3, 0.4) is 0 Å². The summed E-state index contributed by atoms with van der Waals surface area (Å²) in [5, 5.41) is 6.59. The van der Waals surface area contributed by atoms with Gasteiger partial charge in [-0.15, -0.1) is 13.2 Å². The van der Waals surface area contributed by atoms with Crippen LogP contribution >= 0.6 is 0 Å². The number of hydrogen-bond acceptors (Lipinski definition) is 6. The van der Waals surface area contributed by atoms with Gasteiger partial charge in [0.2, 0.25) is 11.8 Å². The second-order valence-electron chi connectivity index (χ2n) is 6.08. The van der Waals surface area contributed by atoms with Crippen molar-refractivity contribution < 1.29 is 32.0 Å². The predicted octanol–water partition coefficient (Wildman–Crippen LogP) is 2.72. The largest absolute Gasteiger partial charge is 0.573 e. The number of amides is 1. The molecule has 1 fully saturated rings. The summed E-state index contributed by atoms with van der Waals surface area (Å²) >= 11 is 0. The zero-order valence-corrected chi connectivity index (χ0v) is 14.3. The lowest BCUT2D eigenvalue weighted by Crippen LogP contribution is -2.24. The molecule has 0 spiro atoms. The van der Waals surface area contributed by atoms with Gasteiger partial charge in [0.25, 0.3) is 0 Å². The Labute approximate surface area is 152 Å². The van der Waals surface area contributed by atoms with Crippen molar-refractivity contribution in [3.8, 4) is 5.75 Å². The Hall–Kier alpha value is -2.62. The summed E-state index contributed by atoms with van der Waals surface area (Å²) in [6.07, 6.45) is -3.07. The predicted molar refractivity (Wildman–Crippen MR) is 85.8 cm³/mol. The first-order valence-corrected chi connectivity index (χ1v) is 8.40. The molecule has 0 aliphatic carbocycles. The van der Waals surface area contributed by atoms with Gasteiger partial charge in [-0.25, -0.2) is 0 Å². The molecule has 27 heavy (non-hydrogen) atoms. The highest BCUT2D eigenvalue weighted by molar-refractivity contribution is 5.78. The highest BCUT2D eigenvalue weighted by Crippen LogP contribution is 2.24. The minimum atomic E-state index is -4.74. The van der Waals surface area contributed by atoms with Crippen LogP contribution in [-0.2, 0) is 22.5 Å². The average Bonchev–Trinajstić information content (AvgIpc) is 3.10. The fraction of sp³-hybridized carbons (Fsp3) is 0.471. The molecule has 1 aliphatic heterocycles. The van der Waals surface area contributed by atoms with Crippen LogP contribution in [0.1, 0.15) is 36.0 Å². The van der Waals surface area contributed by atoms with Crippen LogP contribution in [0.4, 0.5) is 13.2 Å². The van der Waals surface area contributed by atoms with Crippen LogP contribution < -0.4 is 10.1 Å². The van der Waals surface area contributed by atoms with Crippen molar-refractivity contribution in [1.82, 2.24) is 15.5 Å². The molecule has 1 aromatic carbocycles. The second kappa shape index (κ2) is 8.38.